The molecule has 9 heteroatoms. The Kier molecular flexibility index (Phi) is 5.22. The molecule has 1 amide bonds. The van der Waals surface area contributed by atoms with E-state index in [9.17, 15) is 14.9 Å². The molecule has 3 aromatic rings. The summed E-state index contributed by atoms with van der Waals surface area (Å²) < 4.78 is 0.901. The normalized spacial score (nSPS) is 12.1. The van der Waals surface area contributed by atoms with Gasteiger partial charge in [-0.2, -0.15) is 0 Å². The Bertz CT molecular complexity index is 943. The van der Waals surface area contributed by atoms with Crippen LogP contribution in [0, 0.1) is 10.1 Å². The zero-order chi connectivity index (χ0) is 18.0. The predicted molar refractivity (Wildman–Crippen MR) is 102 cm³/mol. The van der Waals surface area contributed by atoms with E-state index in [1.165, 1.54) is 35.2 Å². The summed E-state index contributed by atoms with van der Waals surface area (Å²) in [7, 11) is 0. The molecule has 0 aliphatic heterocycles. The summed E-state index contributed by atoms with van der Waals surface area (Å²) in [6.45, 7) is 1.77. The Morgan fingerprint density at radius 3 is 2.72 bits per heavy atom. The molecule has 6 nitrogen and oxygen atoms in total. The highest BCUT2D eigenvalue weighted by Crippen LogP contribution is 2.30. The Labute approximate surface area is 156 Å². The molecule has 0 saturated heterocycles. The molecule has 0 radical (unpaired) electrons. The minimum atomic E-state index is -0.454. The average Bonchev–Trinajstić information content (AvgIpc) is 2.96. The summed E-state index contributed by atoms with van der Waals surface area (Å²) >= 11 is 8.63. The third-order valence-corrected chi connectivity index (χ3v) is 5.59. The number of carbonyl (C=O) groups excluding carboxylic acids is 1. The van der Waals surface area contributed by atoms with Crippen LogP contribution in [-0.4, -0.2) is 21.1 Å². The minimum absolute atomic E-state index is 0.0228. The van der Waals surface area contributed by atoms with Crippen molar-refractivity contribution in [3.8, 4) is 0 Å². The Balaban J connectivity index is 1.66. The van der Waals surface area contributed by atoms with Gasteiger partial charge in [0.2, 0.25) is 5.91 Å². The molecule has 0 saturated carbocycles. The van der Waals surface area contributed by atoms with Crippen molar-refractivity contribution in [2.24, 2.45) is 0 Å². The zero-order valence-electron chi connectivity index (χ0n) is 12.9. The third-order valence-electron chi connectivity index (χ3n) is 3.31. The predicted octanol–water partition coefficient (Wildman–Crippen LogP) is 4.98. The molecule has 0 spiro atoms. The largest absolute Gasteiger partial charge is 0.301 e. The number of fused-ring (bicyclic) bond motifs is 1. The second-order valence-electron chi connectivity index (χ2n) is 5.13. The Morgan fingerprint density at radius 1 is 1.32 bits per heavy atom. The van der Waals surface area contributed by atoms with E-state index >= 15 is 0 Å². The van der Waals surface area contributed by atoms with Crippen molar-refractivity contribution in [1.29, 1.82) is 0 Å². The molecular weight excluding hydrogens is 382 g/mol. The van der Waals surface area contributed by atoms with Gasteiger partial charge in [0.25, 0.3) is 5.69 Å². The van der Waals surface area contributed by atoms with E-state index in [1.807, 2.05) is 0 Å². The van der Waals surface area contributed by atoms with Crippen molar-refractivity contribution in [2.75, 3.05) is 5.32 Å². The number of thioether (sulfide) groups is 1. The third kappa shape index (κ3) is 4.28. The lowest BCUT2D eigenvalue weighted by molar-refractivity contribution is -0.384. The van der Waals surface area contributed by atoms with Crippen molar-refractivity contribution in [2.45, 2.75) is 17.1 Å². The number of anilines is 1. The van der Waals surface area contributed by atoms with Crippen LogP contribution in [0.25, 0.3) is 10.2 Å². The fourth-order valence-corrected chi connectivity index (χ4v) is 4.08. The van der Waals surface area contributed by atoms with Crippen LogP contribution in [0.15, 0.2) is 47.4 Å². The summed E-state index contributed by atoms with van der Waals surface area (Å²) in [6.07, 6.45) is 0. The molecule has 3 rings (SSSR count). The van der Waals surface area contributed by atoms with E-state index in [0.29, 0.717) is 10.2 Å². The number of non-ortho nitro benzene ring substituents is 1. The molecular formula is C16H12ClN3O3S2. The van der Waals surface area contributed by atoms with Gasteiger partial charge in [-0.15, -0.1) is 11.8 Å². The number of carbonyl (C=O) groups is 1. The number of aromatic nitrogens is 1. The first-order valence-corrected chi connectivity index (χ1v) is 9.28. The maximum atomic E-state index is 12.3. The number of nitro groups is 1. The van der Waals surface area contributed by atoms with Crippen LogP contribution in [0.1, 0.15) is 6.92 Å². The number of nitrogens with zero attached hydrogens (tertiary/aromatic N) is 2. The van der Waals surface area contributed by atoms with Gasteiger partial charge < -0.3 is 5.32 Å². The minimum Gasteiger partial charge on any atom is -0.301 e. The molecule has 0 fully saturated rings. The second-order valence-corrected chi connectivity index (χ2v) is 8.01. The maximum Gasteiger partial charge on any atom is 0.269 e. The summed E-state index contributed by atoms with van der Waals surface area (Å²) in [6, 6.07) is 11.5. The van der Waals surface area contributed by atoms with Crippen LogP contribution in [0.5, 0.6) is 0 Å². The first-order chi connectivity index (χ1) is 11.9. The number of rotatable bonds is 5. The number of hydrogen-bond donors (Lipinski definition) is 1. The van der Waals surface area contributed by atoms with E-state index in [2.05, 4.69) is 10.3 Å². The zero-order valence-corrected chi connectivity index (χ0v) is 15.3. The molecule has 1 heterocycles. The molecule has 1 aromatic heterocycles. The molecule has 0 aliphatic carbocycles. The molecule has 0 unspecified atom stereocenters. The lowest BCUT2D eigenvalue weighted by Crippen LogP contribution is -2.22. The SMILES string of the molecule is C[C@H](Sc1ccc([N+](=O)[O-])cc1)C(=O)Nc1nc2ccc(Cl)cc2s1. The summed E-state index contributed by atoms with van der Waals surface area (Å²) in [5.74, 6) is -0.187. The van der Waals surface area contributed by atoms with Gasteiger partial charge in [0.1, 0.15) is 0 Å². The van der Waals surface area contributed by atoms with Gasteiger partial charge in [-0.25, -0.2) is 4.98 Å². The summed E-state index contributed by atoms with van der Waals surface area (Å²) in [4.78, 5) is 27.7. The highest BCUT2D eigenvalue weighted by Gasteiger charge is 2.17. The van der Waals surface area contributed by atoms with Crippen LogP contribution >= 0.6 is 34.7 Å². The number of nitro benzene ring substituents is 1. The maximum absolute atomic E-state index is 12.3. The van der Waals surface area contributed by atoms with Crippen molar-refractivity contribution >= 4 is 61.6 Å². The quantitative estimate of drug-likeness (QED) is 0.375. The highest BCUT2D eigenvalue weighted by atomic mass is 35.5. The first-order valence-electron chi connectivity index (χ1n) is 7.20. The standard InChI is InChI=1S/C16H12ClN3O3S2/c1-9(24-12-5-3-11(4-6-12)20(22)23)15(21)19-16-18-13-7-2-10(17)8-14(13)25-16/h2-9H,1H3,(H,18,19,21)/t9-/m0/s1. The number of amides is 1. The van der Waals surface area contributed by atoms with Gasteiger partial charge in [0.15, 0.2) is 5.13 Å². The topological polar surface area (TPSA) is 85.1 Å². The molecule has 1 atom stereocenters. The van der Waals surface area contributed by atoms with Crippen LogP contribution in [0.2, 0.25) is 5.02 Å². The summed E-state index contributed by atoms with van der Waals surface area (Å²) in [5, 5.41) is 14.2. The molecule has 0 aliphatic rings. The monoisotopic (exact) mass is 393 g/mol. The number of benzene rings is 2. The van der Waals surface area contributed by atoms with Gasteiger partial charge in [-0.1, -0.05) is 22.9 Å². The first kappa shape index (κ1) is 17.7. The van der Waals surface area contributed by atoms with Gasteiger partial charge in [-0.3, -0.25) is 14.9 Å². The molecule has 1 N–H and O–H groups in total. The van der Waals surface area contributed by atoms with Crippen LogP contribution in [0.3, 0.4) is 0 Å². The van der Waals surface area contributed by atoms with Gasteiger partial charge in [-0.05, 0) is 37.3 Å². The van der Waals surface area contributed by atoms with Crippen molar-refractivity contribution in [3.05, 3.63) is 57.6 Å². The second kappa shape index (κ2) is 7.38. The number of halogens is 1. The van der Waals surface area contributed by atoms with E-state index in [4.69, 9.17) is 11.6 Å². The number of thiazole rings is 1. The van der Waals surface area contributed by atoms with E-state index in [-0.39, 0.29) is 16.8 Å². The molecule has 2 aromatic carbocycles. The molecule has 25 heavy (non-hydrogen) atoms. The Morgan fingerprint density at radius 2 is 2.04 bits per heavy atom. The van der Waals surface area contributed by atoms with Gasteiger partial charge >= 0.3 is 0 Å². The van der Waals surface area contributed by atoms with Crippen LogP contribution < -0.4 is 5.32 Å². The van der Waals surface area contributed by atoms with Crippen molar-refractivity contribution in [1.82, 2.24) is 4.98 Å². The average molecular weight is 394 g/mol. The number of nitrogens with one attached hydrogen (secondary N) is 1. The Hall–Kier alpha value is -2.16. The van der Waals surface area contributed by atoms with Gasteiger partial charge in [0, 0.05) is 22.1 Å². The lowest BCUT2D eigenvalue weighted by Gasteiger charge is -2.10. The van der Waals surface area contributed by atoms with Crippen LogP contribution in [-0.2, 0) is 4.79 Å². The van der Waals surface area contributed by atoms with E-state index < -0.39 is 4.92 Å². The molecule has 128 valence electrons. The number of hydrogen-bond acceptors (Lipinski definition) is 6. The van der Waals surface area contributed by atoms with Crippen molar-refractivity contribution < 1.29 is 9.72 Å². The smallest absolute Gasteiger partial charge is 0.269 e. The van der Waals surface area contributed by atoms with Gasteiger partial charge in [0.05, 0.1) is 20.4 Å². The fraction of sp³-hybridized carbons (Fsp3) is 0.125. The fourth-order valence-electron chi connectivity index (χ4n) is 2.06. The highest BCUT2D eigenvalue weighted by molar-refractivity contribution is 8.00. The summed E-state index contributed by atoms with van der Waals surface area (Å²) in [5.41, 5.74) is 0.801. The van der Waals surface area contributed by atoms with Crippen LogP contribution in [0.4, 0.5) is 10.8 Å². The van der Waals surface area contributed by atoms with E-state index in [0.717, 1.165) is 15.1 Å². The van der Waals surface area contributed by atoms with E-state index in [1.54, 1.807) is 37.3 Å². The molecule has 0 bridgehead atoms. The van der Waals surface area contributed by atoms with Crippen molar-refractivity contribution in [3.63, 3.8) is 0 Å². The lowest BCUT2D eigenvalue weighted by atomic mass is 10.3.